The summed E-state index contributed by atoms with van der Waals surface area (Å²) < 4.78 is 5.42. The van der Waals surface area contributed by atoms with E-state index in [-0.39, 0.29) is 36.4 Å². The largest absolute Gasteiger partial charge is 0.379 e. The minimum Gasteiger partial charge on any atom is -0.379 e. The van der Waals surface area contributed by atoms with Crippen molar-refractivity contribution in [1.29, 1.82) is 0 Å². The van der Waals surface area contributed by atoms with Crippen LogP contribution >= 0.6 is 0 Å². The number of hydrogen-bond donors (Lipinski definition) is 1. The molecule has 2 aliphatic rings. The van der Waals surface area contributed by atoms with Gasteiger partial charge in [0.2, 0.25) is 11.8 Å². The van der Waals surface area contributed by atoms with E-state index in [9.17, 15) is 9.59 Å². The van der Waals surface area contributed by atoms with Crippen molar-refractivity contribution < 1.29 is 14.3 Å². The maximum absolute atomic E-state index is 12.0. The summed E-state index contributed by atoms with van der Waals surface area (Å²) in [6.45, 7) is 5.39. The highest BCUT2D eigenvalue weighted by atomic mass is 16.5. The van der Waals surface area contributed by atoms with Crippen molar-refractivity contribution in [1.82, 2.24) is 10.2 Å². The summed E-state index contributed by atoms with van der Waals surface area (Å²) in [7, 11) is 0. The van der Waals surface area contributed by atoms with Crippen LogP contribution in [0.2, 0.25) is 0 Å². The maximum atomic E-state index is 12.0. The quantitative estimate of drug-likeness (QED) is 0.747. The molecule has 2 heterocycles. The molecule has 0 radical (unpaired) electrons. The molecule has 0 aromatic rings. The summed E-state index contributed by atoms with van der Waals surface area (Å²) in [6.07, 6.45) is 1.89. The van der Waals surface area contributed by atoms with Gasteiger partial charge in [-0.1, -0.05) is 13.8 Å². The van der Waals surface area contributed by atoms with Gasteiger partial charge in [-0.2, -0.15) is 0 Å². The van der Waals surface area contributed by atoms with Gasteiger partial charge in [0.15, 0.2) is 0 Å². The standard InChI is InChI=1S/C12H20N2O3/c1-8(2)11-12(16)13-6-10(15)14(11)9-4-3-5-17-7-9/h8-9,11H,3-7H2,1-2H3,(H,13,16). The zero-order valence-corrected chi connectivity index (χ0v) is 10.4. The van der Waals surface area contributed by atoms with Crippen molar-refractivity contribution >= 4 is 11.8 Å². The van der Waals surface area contributed by atoms with Gasteiger partial charge >= 0.3 is 0 Å². The van der Waals surface area contributed by atoms with Crippen LogP contribution in [0.15, 0.2) is 0 Å². The van der Waals surface area contributed by atoms with Gasteiger partial charge in [-0.3, -0.25) is 9.59 Å². The first-order chi connectivity index (χ1) is 8.11. The van der Waals surface area contributed by atoms with Crippen LogP contribution in [0.1, 0.15) is 26.7 Å². The zero-order chi connectivity index (χ0) is 12.4. The molecule has 5 nitrogen and oxygen atoms in total. The van der Waals surface area contributed by atoms with E-state index in [0.29, 0.717) is 6.61 Å². The Hall–Kier alpha value is -1.10. The summed E-state index contributed by atoms with van der Waals surface area (Å²) in [5.41, 5.74) is 0. The number of rotatable bonds is 2. The monoisotopic (exact) mass is 240 g/mol. The molecule has 2 saturated heterocycles. The Morgan fingerprint density at radius 2 is 2.18 bits per heavy atom. The highest BCUT2D eigenvalue weighted by Gasteiger charge is 2.40. The van der Waals surface area contributed by atoms with Crippen LogP contribution in [-0.2, 0) is 14.3 Å². The van der Waals surface area contributed by atoms with Crippen molar-refractivity contribution in [3.63, 3.8) is 0 Å². The number of piperazine rings is 1. The van der Waals surface area contributed by atoms with Crippen molar-refractivity contribution in [3.8, 4) is 0 Å². The van der Waals surface area contributed by atoms with E-state index in [4.69, 9.17) is 4.74 Å². The minimum absolute atomic E-state index is 0.0128. The molecule has 17 heavy (non-hydrogen) atoms. The highest BCUT2D eigenvalue weighted by molar-refractivity contribution is 5.95. The lowest BCUT2D eigenvalue weighted by atomic mass is 9.95. The van der Waals surface area contributed by atoms with E-state index in [1.807, 2.05) is 13.8 Å². The molecule has 1 N–H and O–H groups in total. The summed E-state index contributed by atoms with van der Waals surface area (Å²) in [6, 6.07) is -0.280. The van der Waals surface area contributed by atoms with Crippen molar-refractivity contribution in [2.45, 2.75) is 38.8 Å². The van der Waals surface area contributed by atoms with Crippen LogP contribution in [0.5, 0.6) is 0 Å². The first-order valence-corrected chi connectivity index (χ1v) is 6.28. The number of nitrogens with zero attached hydrogens (tertiary/aromatic N) is 1. The molecule has 5 heteroatoms. The lowest BCUT2D eigenvalue weighted by molar-refractivity contribution is -0.153. The topological polar surface area (TPSA) is 58.6 Å². The van der Waals surface area contributed by atoms with E-state index < -0.39 is 0 Å². The van der Waals surface area contributed by atoms with Gasteiger partial charge < -0.3 is 15.0 Å². The Bertz CT molecular complexity index is 311. The SMILES string of the molecule is CC(C)C1C(=O)NCC(=O)N1C1CCCOC1. The first kappa shape index (κ1) is 12.4. The summed E-state index contributed by atoms with van der Waals surface area (Å²) >= 11 is 0. The van der Waals surface area contributed by atoms with Crippen LogP contribution in [0.3, 0.4) is 0 Å². The Kier molecular flexibility index (Phi) is 3.66. The number of amides is 2. The van der Waals surface area contributed by atoms with Gasteiger partial charge in [0.1, 0.15) is 6.04 Å². The average Bonchev–Trinajstić information content (AvgIpc) is 2.32. The van der Waals surface area contributed by atoms with Crippen LogP contribution in [-0.4, -0.2) is 48.6 Å². The Morgan fingerprint density at radius 3 is 2.76 bits per heavy atom. The smallest absolute Gasteiger partial charge is 0.243 e. The second-order valence-electron chi connectivity index (χ2n) is 5.08. The Morgan fingerprint density at radius 1 is 1.41 bits per heavy atom. The van der Waals surface area contributed by atoms with E-state index in [1.54, 1.807) is 4.90 Å². The molecular formula is C12H20N2O3. The van der Waals surface area contributed by atoms with Crippen molar-refractivity contribution in [2.75, 3.05) is 19.8 Å². The third-order valence-corrected chi connectivity index (χ3v) is 3.43. The van der Waals surface area contributed by atoms with Crippen LogP contribution < -0.4 is 5.32 Å². The Labute approximate surface area is 101 Å². The Balaban J connectivity index is 2.18. The lowest BCUT2D eigenvalue weighted by Gasteiger charge is -2.43. The fourth-order valence-electron chi connectivity index (χ4n) is 2.64. The molecular weight excluding hydrogens is 220 g/mol. The van der Waals surface area contributed by atoms with Gasteiger partial charge in [-0.25, -0.2) is 0 Å². The highest BCUT2D eigenvalue weighted by Crippen LogP contribution is 2.22. The molecule has 0 aliphatic carbocycles. The van der Waals surface area contributed by atoms with E-state index >= 15 is 0 Å². The lowest BCUT2D eigenvalue weighted by Crippen LogP contribution is -2.64. The molecule has 96 valence electrons. The van der Waals surface area contributed by atoms with Gasteiger partial charge in [0.05, 0.1) is 19.2 Å². The predicted molar refractivity (Wildman–Crippen MR) is 62.3 cm³/mol. The zero-order valence-electron chi connectivity index (χ0n) is 10.4. The second kappa shape index (κ2) is 5.04. The maximum Gasteiger partial charge on any atom is 0.243 e. The predicted octanol–water partition coefficient (Wildman–Crippen LogP) is 0.148. The van der Waals surface area contributed by atoms with Gasteiger partial charge in [-0.05, 0) is 18.8 Å². The van der Waals surface area contributed by atoms with Gasteiger partial charge in [0, 0.05) is 6.61 Å². The molecule has 0 aromatic heterocycles. The molecule has 0 spiro atoms. The van der Waals surface area contributed by atoms with E-state index in [1.165, 1.54) is 0 Å². The number of ether oxygens (including phenoxy) is 1. The summed E-state index contributed by atoms with van der Waals surface area (Å²) in [5, 5.41) is 2.66. The first-order valence-electron chi connectivity index (χ1n) is 6.28. The molecule has 2 amide bonds. The van der Waals surface area contributed by atoms with Gasteiger partial charge in [0.25, 0.3) is 0 Å². The molecule has 0 saturated carbocycles. The minimum atomic E-state index is -0.344. The molecule has 2 fully saturated rings. The van der Waals surface area contributed by atoms with Crippen molar-refractivity contribution in [2.24, 2.45) is 5.92 Å². The second-order valence-corrected chi connectivity index (χ2v) is 5.08. The number of hydrogen-bond acceptors (Lipinski definition) is 3. The van der Waals surface area contributed by atoms with Crippen molar-refractivity contribution in [3.05, 3.63) is 0 Å². The third-order valence-electron chi connectivity index (χ3n) is 3.43. The fourth-order valence-corrected chi connectivity index (χ4v) is 2.64. The molecule has 2 rings (SSSR count). The summed E-state index contributed by atoms with van der Waals surface area (Å²) in [4.78, 5) is 25.7. The normalized spacial score (nSPS) is 30.6. The average molecular weight is 240 g/mol. The number of nitrogens with one attached hydrogen (secondary N) is 1. The number of carbonyl (C=O) groups is 2. The van der Waals surface area contributed by atoms with Gasteiger partial charge in [-0.15, -0.1) is 0 Å². The molecule has 0 bridgehead atoms. The van der Waals surface area contributed by atoms with E-state index in [0.717, 1.165) is 19.4 Å². The van der Waals surface area contributed by atoms with Crippen LogP contribution in [0.4, 0.5) is 0 Å². The molecule has 2 unspecified atom stereocenters. The molecule has 2 aliphatic heterocycles. The fraction of sp³-hybridized carbons (Fsp3) is 0.833. The summed E-state index contributed by atoms with van der Waals surface area (Å²) in [5.74, 6) is 0.102. The molecule has 0 aromatic carbocycles. The third kappa shape index (κ3) is 2.44. The van der Waals surface area contributed by atoms with Crippen LogP contribution in [0, 0.1) is 5.92 Å². The number of carbonyl (C=O) groups excluding carboxylic acids is 2. The van der Waals surface area contributed by atoms with Crippen LogP contribution in [0.25, 0.3) is 0 Å². The van der Waals surface area contributed by atoms with E-state index in [2.05, 4.69) is 5.32 Å². The molecule has 2 atom stereocenters.